The Hall–Kier alpha value is -1.16. The molecule has 1 fully saturated rings. The predicted molar refractivity (Wildman–Crippen MR) is 71.6 cm³/mol. The van der Waals surface area contributed by atoms with Crippen LogP contribution in [0.2, 0.25) is 0 Å². The maximum atomic E-state index is 12.1. The van der Waals surface area contributed by atoms with Gasteiger partial charge in [-0.1, -0.05) is 23.8 Å². The quantitative estimate of drug-likeness (QED) is 0.789. The monoisotopic (exact) mass is 266 g/mol. The van der Waals surface area contributed by atoms with Crippen LogP contribution in [-0.4, -0.2) is 25.7 Å². The SMILES string of the molecule is Cc1ccc(C(=O)CC2CCS(=O)(=O)C2)c(C)c1. The zero-order chi connectivity index (χ0) is 13.3. The van der Waals surface area contributed by atoms with Gasteiger partial charge >= 0.3 is 0 Å². The minimum Gasteiger partial charge on any atom is -0.294 e. The highest BCUT2D eigenvalue weighted by Crippen LogP contribution is 2.24. The summed E-state index contributed by atoms with van der Waals surface area (Å²) in [5.41, 5.74) is 2.83. The average Bonchev–Trinajstić information content (AvgIpc) is 2.57. The van der Waals surface area contributed by atoms with Crippen molar-refractivity contribution in [2.45, 2.75) is 26.7 Å². The Balaban J connectivity index is 2.09. The Morgan fingerprint density at radius 3 is 2.61 bits per heavy atom. The molecular formula is C14H18O3S. The van der Waals surface area contributed by atoms with Crippen molar-refractivity contribution in [2.24, 2.45) is 5.92 Å². The third-order valence-electron chi connectivity index (χ3n) is 3.48. The lowest BCUT2D eigenvalue weighted by Gasteiger charge is -2.09. The first kappa shape index (κ1) is 13.3. The molecule has 1 aliphatic heterocycles. The molecule has 0 radical (unpaired) electrons. The van der Waals surface area contributed by atoms with Crippen LogP contribution in [0.5, 0.6) is 0 Å². The largest absolute Gasteiger partial charge is 0.294 e. The average molecular weight is 266 g/mol. The smallest absolute Gasteiger partial charge is 0.163 e. The van der Waals surface area contributed by atoms with Gasteiger partial charge < -0.3 is 0 Å². The van der Waals surface area contributed by atoms with E-state index in [4.69, 9.17) is 0 Å². The standard InChI is InChI=1S/C14H18O3S/c1-10-3-4-13(11(2)7-10)14(15)8-12-5-6-18(16,17)9-12/h3-4,7,12H,5-6,8-9H2,1-2H3. The molecule has 1 heterocycles. The van der Waals surface area contributed by atoms with Gasteiger partial charge in [-0.25, -0.2) is 8.42 Å². The van der Waals surface area contributed by atoms with Gasteiger partial charge in [0.25, 0.3) is 0 Å². The number of aryl methyl sites for hydroxylation is 2. The molecule has 1 saturated heterocycles. The van der Waals surface area contributed by atoms with Crippen molar-refractivity contribution in [3.8, 4) is 0 Å². The maximum Gasteiger partial charge on any atom is 0.163 e. The van der Waals surface area contributed by atoms with Crippen LogP contribution in [0.3, 0.4) is 0 Å². The number of ketones is 1. The van der Waals surface area contributed by atoms with Crippen molar-refractivity contribution in [3.05, 3.63) is 34.9 Å². The lowest BCUT2D eigenvalue weighted by atomic mass is 9.94. The summed E-state index contributed by atoms with van der Waals surface area (Å²) in [6.07, 6.45) is 0.974. The molecule has 0 N–H and O–H groups in total. The Labute approximate surface area is 108 Å². The number of sulfone groups is 1. The van der Waals surface area contributed by atoms with E-state index >= 15 is 0 Å². The molecule has 98 valence electrons. The fourth-order valence-electron chi connectivity index (χ4n) is 2.53. The van der Waals surface area contributed by atoms with Gasteiger partial charge in [0.05, 0.1) is 11.5 Å². The minimum absolute atomic E-state index is 0.00297. The molecule has 1 atom stereocenters. The molecule has 1 aromatic carbocycles. The Kier molecular flexibility index (Phi) is 3.57. The second-order valence-corrected chi connectivity index (χ2v) is 7.44. The van der Waals surface area contributed by atoms with Gasteiger partial charge in [-0.15, -0.1) is 0 Å². The highest BCUT2D eigenvalue weighted by Gasteiger charge is 2.29. The fraction of sp³-hybridized carbons (Fsp3) is 0.500. The molecule has 3 nitrogen and oxygen atoms in total. The van der Waals surface area contributed by atoms with Crippen molar-refractivity contribution >= 4 is 15.6 Å². The number of Topliss-reactive ketones (excluding diaryl/α,β-unsaturated/α-hetero) is 1. The van der Waals surface area contributed by atoms with Gasteiger partial charge in [0.2, 0.25) is 0 Å². The number of rotatable bonds is 3. The predicted octanol–water partition coefficient (Wildman–Crippen LogP) is 2.31. The summed E-state index contributed by atoms with van der Waals surface area (Å²) in [4.78, 5) is 12.1. The molecule has 18 heavy (non-hydrogen) atoms. The third kappa shape index (κ3) is 2.99. The van der Waals surface area contributed by atoms with Gasteiger partial charge in [0, 0.05) is 12.0 Å². The molecule has 0 spiro atoms. The van der Waals surface area contributed by atoms with E-state index in [1.807, 2.05) is 32.0 Å². The van der Waals surface area contributed by atoms with E-state index in [9.17, 15) is 13.2 Å². The van der Waals surface area contributed by atoms with Crippen molar-refractivity contribution in [1.82, 2.24) is 0 Å². The molecule has 1 aliphatic rings. The Bertz CT molecular complexity index is 573. The second kappa shape index (κ2) is 4.84. The van der Waals surface area contributed by atoms with Crippen molar-refractivity contribution in [2.75, 3.05) is 11.5 Å². The molecule has 2 rings (SSSR count). The molecular weight excluding hydrogens is 248 g/mol. The van der Waals surface area contributed by atoms with Gasteiger partial charge in [-0.2, -0.15) is 0 Å². The molecule has 1 unspecified atom stereocenters. The first-order chi connectivity index (χ1) is 8.37. The van der Waals surface area contributed by atoms with E-state index in [0.717, 1.165) is 16.7 Å². The number of hydrogen-bond donors (Lipinski definition) is 0. The lowest BCUT2D eigenvalue weighted by Crippen LogP contribution is -2.11. The van der Waals surface area contributed by atoms with Gasteiger partial charge in [-0.05, 0) is 31.7 Å². The highest BCUT2D eigenvalue weighted by molar-refractivity contribution is 7.91. The Morgan fingerprint density at radius 2 is 2.06 bits per heavy atom. The fourth-order valence-corrected chi connectivity index (χ4v) is 4.39. The summed E-state index contributed by atoms with van der Waals surface area (Å²) in [7, 11) is -2.89. The van der Waals surface area contributed by atoms with E-state index in [1.54, 1.807) is 0 Å². The number of benzene rings is 1. The third-order valence-corrected chi connectivity index (χ3v) is 5.32. The van der Waals surface area contributed by atoms with Crippen molar-refractivity contribution in [1.29, 1.82) is 0 Å². The van der Waals surface area contributed by atoms with Crippen LogP contribution in [0.15, 0.2) is 18.2 Å². The maximum absolute atomic E-state index is 12.1. The van der Waals surface area contributed by atoms with E-state index in [-0.39, 0.29) is 23.2 Å². The molecule has 0 aliphatic carbocycles. The minimum atomic E-state index is -2.89. The van der Waals surface area contributed by atoms with E-state index in [0.29, 0.717) is 12.8 Å². The molecule has 0 bridgehead atoms. The summed E-state index contributed by atoms with van der Waals surface area (Å²) in [5.74, 6) is 0.472. The summed E-state index contributed by atoms with van der Waals surface area (Å²) in [6, 6.07) is 5.75. The summed E-state index contributed by atoms with van der Waals surface area (Å²) >= 11 is 0. The summed E-state index contributed by atoms with van der Waals surface area (Å²) < 4.78 is 22.7. The van der Waals surface area contributed by atoms with Gasteiger partial charge in [0.15, 0.2) is 15.6 Å². The topological polar surface area (TPSA) is 51.2 Å². The molecule has 0 amide bonds. The molecule has 4 heteroatoms. The van der Waals surface area contributed by atoms with Gasteiger partial charge in [0.1, 0.15) is 0 Å². The zero-order valence-corrected chi connectivity index (χ0v) is 11.6. The van der Waals surface area contributed by atoms with Gasteiger partial charge in [-0.3, -0.25) is 4.79 Å². The highest BCUT2D eigenvalue weighted by atomic mass is 32.2. The van der Waals surface area contributed by atoms with E-state index in [1.165, 1.54) is 0 Å². The van der Waals surface area contributed by atoms with Crippen LogP contribution in [0.25, 0.3) is 0 Å². The lowest BCUT2D eigenvalue weighted by molar-refractivity contribution is 0.0965. The molecule has 0 saturated carbocycles. The second-order valence-electron chi connectivity index (χ2n) is 5.21. The van der Waals surface area contributed by atoms with Crippen LogP contribution in [0, 0.1) is 19.8 Å². The van der Waals surface area contributed by atoms with Crippen LogP contribution < -0.4 is 0 Å². The number of carbonyl (C=O) groups is 1. The zero-order valence-electron chi connectivity index (χ0n) is 10.8. The van der Waals surface area contributed by atoms with Crippen LogP contribution in [0.4, 0.5) is 0 Å². The molecule has 0 aromatic heterocycles. The first-order valence-electron chi connectivity index (χ1n) is 6.18. The van der Waals surface area contributed by atoms with Crippen LogP contribution in [0.1, 0.15) is 34.3 Å². The first-order valence-corrected chi connectivity index (χ1v) is 8.00. The normalized spacial score (nSPS) is 22.0. The van der Waals surface area contributed by atoms with E-state index < -0.39 is 9.84 Å². The van der Waals surface area contributed by atoms with E-state index in [2.05, 4.69) is 0 Å². The molecule has 1 aromatic rings. The number of hydrogen-bond acceptors (Lipinski definition) is 3. The van der Waals surface area contributed by atoms with Crippen LogP contribution in [-0.2, 0) is 9.84 Å². The number of carbonyl (C=O) groups excluding carboxylic acids is 1. The van der Waals surface area contributed by atoms with Crippen molar-refractivity contribution < 1.29 is 13.2 Å². The van der Waals surface area contributed by atoms with Crippen molar-refractivity contribution in [3.63, 3.8) is 0 Å². The Morgan fingerprint density at radius 1 is 1.33 bits per heavy atom. The summed E-state index contributed by atoms with van der Waals surface area (Å²) in [6.45, 7) is 3.91. The summed E-state index contributed by atoms with van der Waals surface area (Å²) in [5, 5.41) is 0. The van der Waals surface area contributed by atoms with Crippen LogP contribution >= 0.6 is 0 Å².